The highest BCUT2D eigenvalue weighted by Gasteiger charge is 2.42. The Morgan fingerprint density at radius 3 is 2.38 bits per heavy atom. The molecular weight excluding hydrogens is 474 g/mol. The van der Waals surface area contributed by atoms with Gasteiger partial charge in [0.05, 0.1) is 23.5 Å². The number of anilines is 2. The Labute approximate surface area is 225 Å². The van der Waals surface area contributed by atoms with Gasteiger partial charge in [0.25, 0.3) is 0 Å². The predicted octanol–water partition coefficient (Wildman–Crippen LogP) is 6.60. The Kier molecular flexibility index (Phi) is 6.78. The molecule has 2 aromatic carbocycles. The standard InChI is InChI=1S/C31H35N5S/c1-7-23-12-10-11-20(2)29(23)35-21(3)19-26(22(35)4)30-28(27-13-8-9-18-32-27)33-31(37)36(30)25-16-14-24(15-17-25)34(5)6/h8-19,28,30H,7H2,1-6H3,(H,33,37). The van der Waals surface area contributed by atoms with E-state index in [1.165, 1.54) is 33.8 Å². The fourth-order valence-electron chi connectivity index (χ4n) is 5.62. The Morgan fingerprint density at radius 2 is 1.73 bits per heavy atom. The maximum atomic E-state index is 5.97. The molecule has 6 heteroatoms. The highest BCUT2D eigenvalue weighted by molar-refractivity contribution is 7.80. The largest absolute Gasteiger partial charge is 0.378 e. The molecule has 0 amide bonds. The van der Waals surface area contributed by atoms with E-state index >= 15 is 0 Å². The van der Waals surface area contributed by atoms with Gasteiger partial charge >= 0.3 is 0 Å². The second-order valence-electron chi connectivity index (χ2n) is 10.0. The quantitative estimate of drug-likeness (QED) is 0.296. The first-order valence-electron chi connectivity index (χ1n) is 12.9. The normalized spacial score (nSPS) is 17.2. The fraction of sp³-hybridized carbons (Fsp3) is 0.290. The molecule has 2 unspecified atom stereocenters. The minimum Gasteiger partial charge on any atom is -0.378 e. The highest BCUT2D eigenvalue weighted by atomic mass is 32.1. The van der Waals surface area contributed by atoms with Crippen LogP contribution in [0, 0.1) is 20.8 Å². The van der Waals surface area contributed by atoms with Gasteiger partial charge in [-0.3, -0.25) is 4.98 Å². The van der Waals surface area contributed by atoms with Crippen molar-refractivity contribution in [2.24, 2.45) is 0 Å². The van der Waals surface area contributed by atoms with Crippen LogP contribution in [0.5, 0.6) is 0 Å². The topological polar surface area (TPSA) is 36.3 Å². The van der Waals surface area contributed by atoms with E-state index in [9.17, 15) is 0 Å². The lowest BCUT2D eigenvalue weighted by Gasteiger charge is -2.29. The Hall–Kier alpha value is -3.64. The van der Waals surface area contributed by atoms with E-state index in [1.54, 1.807) is 0 Å². The number of para-hydroxylation sites is 1. The van der Waals surface area contributed by atoms with Crippen molar-refractivity contribution in [1.29, 1.82) is 0 Å². The first kappa shape index (κ1) is 25.0. The molecular formula is C31H35N5S. The number of aryl methyl sites for hydroxylation is 3. The lowest BCUT2D eigenvalue weighted by molar-refractivity contribution is 0.565. The van der Waals surface area contributed by atoms with Gasteiger partial charge in [0, 0.05) is 43.1 Å². The summed E-state index contributed by atoms with van der Waals surface area (Å²) in [5, 5.41) is 4.33. The molecule has 0 radical (unpaired) electrons. The van der Waals surface area contributed by atoms with Crippen molar-refractivity contribution >= 4 is 28.7 Å². The van der Waals surface area contributed by atoms with Crippen molar-refractivity contribution in [1.82, 2.24) is 14.9 Å². The molecule has 0 saturated carbocycles. The predicted molar refractivity (Wildman–Crippen MR) is 158 cm³/mol. The van der Waals surface area contributed by atoms with Crippen LogP contribution in [0.3, 0.4) is 0 Å². The summed E-state index contributed by atoms with van der Waals surface area (Å²) in [6, 6.07) is 23.5. The number of hydrogen-bond acceptors (Lipinski definition) is 3. The zero-order chi connectivity index (χ0) is 26.3. The van der Waals surface area contributed by atoms with Crippen LogP contribution in [0.1, 0.15) is 52.8 Å². The second kappa shape index (κ2) is 10.0. The molecule has 1 fully saturated rings. The maximum absolute atomic E-state index is 5.97. The minimum atomic E-state index is -0.0707. The van der Waals surface area contributed by atoms with E-state index in [1.807, 2.05) is 18.3 Å². The molecule has 2 aromatic heterocycles. The summed E-state index contributed by atoms with van der Waals surface area (Å²) in [6.45, 7) is 8.87. The van der Waals surface area contributed by atoms with Gasteiger partial charge in [-0.05, 0) is 98.6 Å². The van der Waals surface area contributed by atoms with Crippen molar-refractivity contribution in [3.63, 3.8) is 0 Å². The lowest BCUT2D eigenvalue weighted by atomic mass is 9.96. The van der Waals surface area contributed by atoms with E-state index in [4.69, 9.17) is 17.2 Å². The molecule has 37 heavy (non-hydrogen) atoms. The SMILES string of the molecule is CCc1cccc(C)c1-n1c(C)cc(C2C(c3ccccn3)NC(=S)N2c2ccc(N(C)C)cc2)c1C. The van der Waals surface area contributed by atoms with Gasteiger partial charge in [-0.25, -0.2) is 0 Å². The molecule has 1 aliphatic heterocycles. The zero-order valence-corrected chi connectivity index (χ0v) is 23.3. The Balaban J connectivity index is 1.69. The number of hydrogen-bond donors (Lipinski definition) is 1. The average Bonchev–Trinajstić information content (AvgIpc) is 3.39. The van der Waals surface area contributed by atoms with Crippen LogP contribution in [0.4, 0.5) is 11.4 Å². The van der Waals surface area contributed by atoms with E-state index in [0.29, 0.717) is 5.11 Å². The lowest BCUT2D eigenvalue weighted by Crippen LogP contribution is -2.29. The first-order chi connectivity index (χ1) is 17.8. The first-order valence-corrected chi connectivity index (χ1v) is 13.3. The number of aromatic nitrogens is 2. The van der Waals surface area contributed by atoms with Gasteiger partial charge in [0.15, 0.2) is 5.11 Å². The number of rotatable bonds is 6. The number of nitrogens with zero attached hydrogens (tertiary/aromatic N) is 4. The average molecular weight is 510 g/mol. The third kappa shape index (κ3) is 4.40. The molecule has 190 valence electrons. The van der Waals surface area contributed by atoms with E-state index in [0.717, 1.165) is 23.5 Å². The van der Waals surface area contributed by atoms with Crippen LogP contribution in [0.25, 0.3) is 5.69 Å². The number of benzene rings is 2. The van der Waals surface area contributed by atoms with Gasteiger partial charge in [-0.15, -0.1) is 0 Å². The molecule has 1 saturated heterocycles. The Bertz CT molecular complexity index is 1420. The molecule has 2 atom stereocenters. The third-order valence-electron chi connectivity index (χ3n) is 7.46. The van der Waals surface area contributed by atoms with E-state index in [2.05, 4.69) is 116 Å². The summed E-state index contributed by atoms with van der Waals surface area (Å²) in [7, 11) is 4.11. The minimum absolute atomic E-state index is 0.0401. The van der Waals surface area contributed by atoms with Gasteiger partial charge in [0.2, 0.25) is 0 Å². The summed E-state index contributed by atoms with van der Waals surface area (Å²) in [5.74, 6) is 0. The van der Waals surface area contributed by atoms with Crippen molar-refractivity contribution in [2.45, 2.75) is 46.2 Å². The van der Waals surface area contributed by atoms with Crippen LogP contribution in [0.15, 0.2) is 72.9 Å². The molecule has 1 N–H and O–H groups in total. The van der Waals surface area contributed by atoms with Crippen LogP contribution in [0.2, 0.25) is 0 Å². The molecule has 0 bridgehead atoms. The summed E-state index contributed by atoms with van der Waals surface area (Å²) in [6.07, 6.45) is 2.84. The summed E-state index contributed by atoms with van der Waals surface area (Å²) in [4.78, 5) is 9.11. The van der Waals surface area contributed by atoms with Gasteiger partial charge in [-0.2, -0.15) is 0 Å². The number of pyridine rings is 1. The monoisotopic (exact) mass is 509 g/mol. The molecule has 4 aromatic rings. The van der Waals surface area contributed by atoms with Crippen molar-refractivity contribution in [2.75, 3.05) is 23.9 Å². The summed E-state index contributed by atoms with van der Waals surface area (Å²) in [5.41, 5.74) is 10.8. The van der Waals surface area contributed by atoms with Crippen LogP contribution in [-0.4, -0.2) is 28.8 Å². The maximum Gasteiger partial charge on any atom is 0.174 e. The smallest absolute Gasteiger partial charge is 0.174 e. The molecule has 0 aliphatic carbocycles. The van der Waals surface area contributed by atoms with Gasteiger partial charge < -0.3 is 19.7 Å². The van der Waals surface area contributed by atoms with Crippen molar-refractivity contribution in [3.8, 4) is 5.69 Å². The summed E-state index contributed by atoms with van der Waals surface area (Å²) >= 11 is 5.97. The van der Waals surface area contributed by atoms with Crippen LogP contribution < -0.4 is 15.1 Å². The van der Waals surface area contributed by atoms with E-state index < -0.39 is 0 Å². The molecule has 1 aliphatic rings. The number of nitrogens with one attached hydrogen (secondary N) is 1. The number of thiocarbonyl (C=S) groups is 1. The molecule has 3 heterocycles. The van der Waals surface area contributed by atoms with Crippen molar-refractivity contribution in [3.05, 3.63) is 107 Å². The molecule has 0 spiro atoms. The van der Waals surface area contributed by atoms with Crippen molar-refractivity contribution < 1.29 is 0 Å². The highest BCUT2D eigenvalue weighted by Crippen LogP contribution is 2.44. The van der Waals surface area contributed by atoms with Gasteiger partial charge in [0.1, 0.15) is 0 Å². The Morgan fingerprint density at radius 1 is 0.973 bits per heavy atom. The van der Waals surface area contributed by atoms with Crippen LogP contribution >= 0.6 is 12.2 Å². The zero-order valence-electron chi connectivity index (χ0n) is 22.5. The fourth-order valence-corrected chi connectivity index (χ4v) is 5.96. The van der Waals surface area contributed by atoms with Gasteiger partial charge in [-0.1, -0.05) is 31.2 Å². The molecule has 5 rings (SSSR count). The van der Waals surface area contributed by atoms with E-state index in [-0.39, 0.29) is 12.1 Å². The summed E-state index contributed by atoms with van der Waals surface area (Å²) < 4.78 is 2.42. The third-order valence-corrected chi connectivity index (χ3v) is 7.77. The second-order valence-corrected chi connectivity index (χ2v) is 10.4. The van der Waals surface area contributed by atoms with Crippen LogP contribution in [-0.2, 0) is 6.42 Å². The molecule has 5 nitrogen and oxygen atoms in total.